The molecule has 0 heterocycles. The number of hydrogen-bond donors (Lipinski definition) is 2. The van der Waals surface area contributed by atoms with E-state index in [2.05, 4.69) is 31.8 Å². The predicted octanol–water partition coefficient (Wildman–Crippen LogP) is 4.23. The third kappa shape index (κ3) is 7.74. The molecular formula is C26H26BrN3O4. The van der Waals surface area contributed by atoms with Crippen LogP contribution in [0.3, 0.4) is 0 Å². The van der Waals surface area contributed by atoms with Crippen molar-refractivity contribution < 1.29 is 19.1 Å². The smallest absolute Gasteiger partial charge is 0.262 e. The Morgan fingerprint density at radius 3 is 2.38 bits per heavy atom. The molecule has 0 saturated carbocycles. The molecule has 3 rings (SSSR count). The van der Waals surface area contributed by atoms with Crippen molar-refractivity contribution in [3.63, 3.8) is 0 Å². The summed E-state index contributed by atoms with van der Waals surface area (Å²) in [5.41, 5.74) is 5.03. The van der Waals surface area contributed by atoms with E-state index in [0.717, 1.165) is 26.9 Å². The third-order valence-electron chi connectivity index (χ3n) is 4.90. The lowest BCUT2D eigenvalue weighted by molar-refractivity contribution is -0.128. The van der Waals surface area contributed by atoms with Gasteiger partial charge in [0.25, 0.3) is 5.91 Å². The average molecular weight is 524 g/mol. The molecule has 7 nitrogen and oxygen atoms in total. The number of hydrogen-bond acceptors (Lipinski definition) is 5. The van der Waals surface area contributed by atoms with Gasteiger partial charge in [-0.2, -0.15) is 5.10 Å². The van der Waals surface area contributed by atoms with E-state index in [-0.39, 0.29) is 12.3 Å². The van der Waals surface area contributed by atoms with Crippen molar-refractivity contribution in [1.82, 2.24) is 10.7 Å². The number of carbonyl (C=O) groups excluding carboxylic acids is 2. The van der Waals surface area contributed by atoms with Gasteiger partial charge in [0.15, 0.2) is 0 Å². The van der Waals surface area contributed by atoms with Crippen LogP contribution in [0, 0.1) is 0 Å². The molecule has 0 bridgehead atoms. The largest absolute Gasteiger partial charge is 0.497 e. The molecule has 0 aliphatic carbocycles. The number of methoxy groups -OCH3 is 1. The van der Waals surface area contributed by atoms with Crippen molar-refractivity contribution in [1.29, 1.82) is 0 Å². The highest BCUT2D eigenvalue weighted by molar-refractivity contribution is 9.10. The van der Waals surface area contributed by atoms with Gasteiger partial charge in [0.1, 0.15) is 24.1 Å². The second-order valence-corrected chi connectivity index (χ2v) is 8.42. The number of benzene rings is 3. The maximum atomic E-state index is 12.3. The first-order valence-corrected chi connectivity index (χ1v) is 11.5. The van der Waals surface area contributed by atoms with Crippen molar-refractivity contribution in [2.75, 3.05) is 7.11 Å². The lowest BCUT2D eigenvalue weighted by Crippen LogP contribution is -2.43. The zero-order chi connectivity index (χ0) is 24.3. The van der Waals surface area contributed by atoms with Crippen molar-refractivity contribution in [3.8, 4) is 11.5 Å². The Hall–Kier alpha value is -3.65. The number of rotatable bonds is 10. The highest BCUT2D eigenvalue weighted by Crippen LogP contribution is 2.18. The standard InChI is InChI=1S/C26H26BrN3O4/c1-18(29-25(31)15-19-9-13-23(33-2)14-10-19)26(32)30-28-16-21-5-3-4-6-24(21)34-17-20-7-11-22(27)12-8-20/h3-14,16,18H,15,17H2,1-2H3,(H,29,31)(H,30,32). The molecule has 1 unspecified atom stereocenters. The van der Waals surface area contributed by atoms with E-state index in [9.17, 15) is 9.59 Å². The van der Waals surface area contributed by atoms with Crippen LogP contribution in [-0.4, -0.2) is 31.2 Å². The molecule has 176 valence electrons. The van der Waals surface area contributed by atoms with Crippen LogP contribution >= 0.6 is 15.9 Å². The first-order chi connectivity index (χ1) is 16.4. The van der Waals surface area contributed by atoms with E-state index in [4.69, 9.17) is 9.47 Å². The number of amides is 2. The predicted molar refractivity (Wildman–Crippen MR) is 135 cm³/mol. The summed E-state index contributed by atoms with van der Waals surface area (Å²) in [6, 6.07) is 21.7. The number of para-hydroxylation sites is 1. The molecule has 0 aliphatic heterocycles. The molecule has 2 amide bonds. The number of carbonyl (C=O) groups is 2. The fourth-order valence-corrected chi connectivity index (χ4v) is 3.27. The number of nitrogens with zero attached hydrogens (tertiary/aromatic N) is 1. The van der Waals surface area contributed by atoms with Crippen molar-refractivity contribution in [3.05, 3.63) is 94.0 Å². The molecule has 2 N–H and O–H groups in total. The van der Waals surface area contributed by atoms with E-state index in [1.807, 2.05) is 60.7 Å². The minimum Gasteiger partial charge on any atom is -0.497 e. The minimum atomic E-state index is -0.744. The molecule has 1 atom stereocenters. The van der Waals surface area contributed by atoms with Crippen LogP contribution in [0.5, 0.6) is 11.5 Å². The summed E-state index contributed by atoms with van der Waals surface area (Å²) >= 11 is 3.42. The minimum absolute atomic E-state index is 0.161. The summed E-state index contributed by atoms with van der Waals surface area (Å²) in [5, 5.41) is 6.70. The summed E-state index contributed by atoms with van der Waals surface area (Å²) in [4.78, 5) is 24.6. The van der Waals surface area contributed by atoms with Crippen LogP contribution in [0.15, 0.2) is 82.4 Å². The molecule has 34 heavy (non-hydrogen) atoms. The van der Waals surface area contributed by atoms with Crippen LogP contribution in [0.2, 0.25) is 0 Å². The molecular weight excluding hydrogens is 498 g/mol. The number of halogens is 1. The Kier molecular flexibility index (Phi) is 9.22. The van der Waals surface area contributed by atoms with Crippen LogP contribution < -0.4 is 20.2 Å². The van der Waals surface area contributed by atoms with E-state index < -0.39 is 11.9 Å². The van der Waals surface area contributed by atoms with Crippen LogP contribution in [0.1, 0.15) is 23.6 Å². The quantitative estimate of drug-likeness (QED) is 0.307. The van der Waals surface area contributed by atoms with Gasteiger partial charge < -0.3 is 14.8 Å². The molecule has 0 aromatic heterocycles. The topological polar surface area (TPSA) is 89.0 Å². The zero-order valence-electron chi connectivity index (χ0n) is 19.0. The number of hydrazone groups is 1. The summed E-state index contributed by atoms with van der Waals surface area (Å²) in [7, 11) is 1.58. The first kappa shape index (κ1) is 25.0. The molecule has 0 radical (unpaired) electrons. The number of nitrogens with one attached hydrogen (secondary N) is 2. The third-order valence-corrected chi connectivity index (χ3v) is 5.43. The second kappa shape index (κ2) is 12.6. The van der Waals surface area contributed by atoms with E-state index in [0.29, 0.717) is 12.4 Å². The first-order valence-electron chi connectivity index (χ1n) is 10.7. The molecule has 3 aromatic carbocycles. The summed E-state index contributed by atoms with van der Waals surface area (Å²) in [6.07, 6.45) is 1.68. The highest BCUT2D eigenvalue weighted by atomic mass is 79.9. The monoisotopic (exact) mass is 523 g/mol. The van der Waals surface area contributed by atoms with Crippen LogP contribution in [-0.2, 0) is 22.6 Å². The van der Waals surface area contributed by atoms with Gasteiger partial charge in [-0.15, -0.1) is 0 Å². The Balaban J connectivity index is 1.49. The number of ether oxygens (including phenoxy) is 2. The molecule has 8 heteroatoms. The van der Waals surface area contributed by atoms with E-state index in [1.165, 1.54) is 6.21 Å². The average Bonchev–Trinajstić information content (AvgIpc) is 2.84. The fraction of sp³-hybridized carbons (Fsp3) is 0.192. The summed E-state index contributed by atoms with van der Waals surface area (Å²) < 4.78 is 12.0. The Morgan fingerprint density at radius 1 is 1.00 bits per heavy atom. The fourth-order valence-electron chi connectivity index (χ4n) is 3.01. The maximum Gasteiger partial charge on any atom is 0.262 e. The van der Waals surface area contributed by atoms with Crippen molar-refractivity contribution >= 4 is 34.0 Å². The Morgan fingerprint density at radius 2 is 1.68 bits per heavy atom. The van der Waals surface area contributed by atoms with Crippen molar-refractivity contribution in [2.45, 2.75) is 26.0 Å². The molecule has 0 fully saturated rings. The normalized spacial score (nSPS) is 11.6. The zero-order valence-corrected chi connectivity index (χ0v) is 20.5. The summed E-state index contributed by atoms with van der Waals surface area (Å²) in [6.45, 7) is 2.01. The van der Waals surface area contributed by atoms with Gasteiger partial charge in [-0.05, 0) is 54.4 Å². The van der Waals surface area contributed by atoms with Crippen LogP contribution in [0.4, 0.5) is 0 Å². The van der Waals surface area contributed by atoms with Gasteiger partial charge in [-0.3, -0.25) is 9.59 Å². The van der Waals surface area contributed by atoms with Gasteiger partial charge >= 0.3 is 0 Å². The van der Waals surface area contributed by atoms with Gasteiger partial charge in [0, 0.05) is 10.0 Å². The van der Waals surface area contributed by atoms with Gasteiger partial charge in [-0.25, -0.2) is 5.43 Å². The Bertz CT molecular complexity index is 1130. The molecule has 0 spiro atoms. The molecule has 3 aromatic rings. The lowest BCUT2D eigenvalue weighted by Gasteiger charge is -2.12. The SMILES string of the molecule is COc1ccc(CC(=O)NC(C)C(=O)NN=Cc2ccccc2OCc2ccc(Br)cc2)cc1. The van der Waals surface area contributed by atoms with Gasteiger partial charge in [-0.1, -0.05) is 52.3 Å². The highest BCUT2D eigenvalue weighted by Gasteiger charge is 2.15. The summed E-state index contributed by atoms with van der Waals surface area (Å²) in [5.74, 6) is 0.676. The van der Waals surface area contributed by atoms with Gasteiger partial charge in [0.2, 0.25) is 5.91 Å². The molecule has 0 saturated heterocycles. The Labute approximate surface area is 207 Å². The van der Waals surface area contributed by atoms with E-state index >= 15 is 0 Å². The van der Waals surface area contributed by atoms with Gasteiger partial charge in [0.05, 0.1) is 19.7 Å². The molecule has 0 aliphatic rings. The lowest BCUT2D eigenvalue weighted by atomic mass is 10.1. The maximum absolute atomic E-state index is 12.3. The van der Waals surface area contributed by atoms with Crippen LogP contribution in [0.25, 0.3) is 0 Å². The van der Waals surface area contributed by atoms with Crippen molar-refractivity contribution in [2.24, 2.45) is 5.10 Å². The second-order valence-electron chi connectivity index (χ2n) is 7.50. The van der Waals surface area contributed by atoms with E-state index in [1.54, 1.807) is 26.2 Å².